The minimum Gasteiger partial charge on any atom is -0.465 e. The van der Waals surface area contributed by atoms with Crippen molar-refractivity contribution in [2.45, 2.75) is 26.3 Å². The van der Waals surface area contributed by atoms with E-state index in [4.69, 9.17) is 10.2 Å². The van der Waals surface area contributed by atoms with Gasteiger partial charge in [-0.05, 0) is 32.0 Å². The average molecular weight is 267 g/mol. The summed E-state index contributed by atoms with van der Waals surface area (Å²) in [7, 11) is 3.53. The van der Waals surface area contributed by atoms with Gasteiger partial charge in [0.05, 0.1) is 12.6 Å². The number of carbonyl (C=O) groups excluding carboxylic acids is 1. The molecular weight excluding hydrogens is 242 g/mol. The van der Waals surface area contributed by atoms with Crippen molar-refractivity contribution in [1.29, 1.82) is 0 Å². The molecule has 5 heteroatoms. The van der Waals surface area contributed by atoms with Gasteiger partial charge < -0.3 is 15.1 Å². The largest absolute Gasteiger partial charge is 0.465 e. The molecule has 0 radical (unpaired) electrons. The Hall–Kier alpha value is -1.33. The van der Waals surface area contributed by atoms with E-state index in [1.807, 2.05) is 19.1 Å². The maximum Gasteiger partial charge on any atom is 0.236 e. The van der Waals surface area contributed by atoms with Crippen molar-refractivity contribution < 1.29 is 9.21 Å². The molecule has 1 aromatic rings. The molecule has 0 spiro atoms. The molecule has 1 aromatic heterocycles. The van der Waals surface area contributed by atoms with Crippen molar-refractivity contribution in [3.63, 3.8) is 0 Å². The molecule has 0 aromatic carbocycles. The van der Waals surface area contributed by atoms with E-state index in [0.29, 0.717) is 13.1 Å². The molecule has 1 rings (SSSR count). The zero-order valence-electron chi connectivity index (χ0n) is 12.3. The van der Waals surface area contributed by atoms with Crippen LogP contribution < -0.4 is 5.73 Å². The van der Waals surface area contributed by atoms with Gasteiger partial charge in [-0.3, -0.25) is 9.69 Å². The first-order chi connectivity index (χ1) is 8.99. The van der Waals surface area contributed by atoms with E-state index in [0.717, 1.165) is 24.5 Å². The summed E-state index contributed by atoms with van der Waals surface area (Å²) in [5.74, 6) is 1.78. The standard InChI is InChI=1S/C14H25N3O2/c1-5-8-17(10-14(18)16(3)4)12(9-15)13-7-6-11(2)19-13/h6-7,12H,5,8-10,15H2,1-4H3. The molecule has 0 aliphatic carbocycles. The molecule has 5 nitrogen and oxygen atoms in total. The maximum absolute atomic E-state index is 11.9. The van der Waals surface area contributed by atoms with Gasteiger partial charge >= 0.3 is 0 Å². The van der Waals surface area contributed by atoms with Crippen LogP contribution in [0.5, 0.6) is 0 Å². The summed E-state index contributed by atoms with van der Waals surface area (Å²) in [6.07, 6.45) is 0.969. The first-order valence-electron chi connectivity index (χ1n) is 6.70. The molecule has 1 amide bonds. The molecule has 19 heavy (non-hydrogen) atoms. The van der Waals surface area contributed by atoms with Gasteiger partial charge in [0.25, 0.3) is 0 Å². The summed E-state index contributed by atoms with van der Waals surface area (Å²) in [6, 6.07) is 3.82. The van der Waals surface area contributed by atoms with Gasteiger partial charge in [-0.25, -0.2) is 0 Å². The Labute approximate surface area is 115 Å². The number of rotatable bonds is 7. The molecule has 0 bridgehead atoms. The zero-order chi connectivity index (χ0) is 14.4. The number of hydrogen-bond donors (Lipinski definition) is 1. The zero-order valence-corrected chi connectivity index (χ0v) is 12.3. The molecule has 0 saturated heterocycles. The predicted octanol–water partition coefficient (Wildman–Crippen LogP) is 1.39. The number of furan rings is 1. The van der Waals surface area contributed by atoms with E-state index in [1.165, 1.54) is 0 Å². The number of amides is 1. The Balaban J connectivity index is 2.85. The Morgan fingerprint density at radius 1 is 1.42 bits per heavy atom. The van der Waals surface area contributed by atoms with Crippen LogP contribution in [0.2, 0.25) is 0 Å². The minimum atomic E-state index is -0.0439. The summed E-state index contributed by atoms with van der Waals surface area (Å²) in [5, 5.41) is 0. The Morgan fingerprint density at radius 3 is 2.53 bits per heavy atom. The number of nitrogens with zero attached hydrogens (tertiary/aromatic N) is 2. The molecular formula is C14H25N3O2. The third-order valence-corrected chi connectivity index (χ3v) is 3.10. The number of aryl methyl sites for hydroxylation is 1. The predicted molar refractivity (Wildman–Crippen MR) is 75.8 cm³/mol. The summed E-state index contributed by atoms with van der Waals surface area (Å²) in [4.78, 5) is 15.6. The molecule has 1 heterocycles. The lowest BCUT2D eigenvalue weighted by atomic mass is 10.1. The number of likely N-dealkylation sites (N-methyl/N-ethyl adjacent to an activating group) is 1. The third-order valence-electron chi connectivity index (χ3n) is 3.10. The SMILES string of the molecule is CCCN(CC(=O)N(C)C)C(CN)c1ccc(C)o1. The lowest BCUT2D eigenvalue weighted by Gasteiger charge is -2.29. The normalized spacial score (nSPS) is 12.7. The number of hydrogen-bond acceptors (Lipinski definition) is 4. The van der Waals surface area contributed by atoms with Gasteiger partial charge in [0.2, 0.25) is 5.91 Å². The highest BCUT2D eigenvalue weighted by atomic mass is 16.3. The second-order valence-electron chi connectivity index (χ2n) is 4.96. The Kier molecular flexibility index (Phi) is 6.05. The van der Waals surface area contributed by atoms with Crippen molar-refractivity contribution in [2.24, 2.45) is 5.73 Å². The van der Waals surface area contributed by atoms with Crippen molar-refractivity contribution in [3.05, 3.63) is 23.7 Å². The highest BCUT2D eigenvalue weighted by Gasteiger charge is 2.23. The van der Waals surface area contributed by atoms with Gasteiger partial charge in [-0.2, -0.15) is 0 Å². The Morgan fingerprint density at radius 2 is 2.11 bits per heavy atom. The van der Waals surface area contributed by atoms with E-state index in [1.54, 1.807) is 19.0 Å². The van der Waals surface area contributed by atoms with E-state index >= 15 is 0 Å². The van der Waals surface area contributed by atoms with Crippen LogP contribution in [-0.2, 0) is 4.79 Å². The van der Waals surface area contributed by atoms with Crippen LogP contribution in [0.4, 0.5) is 0 Å². The lowest BCUT2D eigenvalue weighted by molar-refractivity contribution is -0.130. The van der Waals surface area contributed by atoms with E-state index in [9.17, 15) is 4.79 Å². The Bertz CT molecular complexity index is 401. The van der Waals surface area contributed by atoms with Crippen molar-refractivity contribution in [3.8, 4) is 0 Å². The quantitative estimate of drug-likeness (QED) is 0.811. The highest BCUT2D eigenvalue weighted by molar-refractivity contribution is 5.77. The first-order valence-corrected chi connectivity index (χ1v) is 6.70. The van der Waals surface area contributed by atoms with Crippen LogP contribution in [0.1, 0.15) is 30.9 Å². The second-order valence-corrected chi connectivity index (χ2v) is 4.96. The molecule has 0 saturated carbocycles. The average Bonchev–Trinajstić information content (AvgIpc) is 2.76. The lowest BCUT2D eigenvalue weighted by Crippen LogP contribution is -2.41. The van der Waals surface area contributed by atoms with Crippen molar-refractivity contribution >= 4 is 5.91 Å². The summed E-state index contributed by atoms with van der Waals surface area (Å²) >= 11 is 0. The van der Waals surface area contributed by atoms with Crippen LogP contribution in [-0.4, -0.2) is 49.4 Å². The molecule has 0 aliphatic heterocycles. The summed E-state index contributed by atoms with van der Waals surface area (Å²) in [5.41, 5.74) is 5.87. The number of nitrogens with two attached hydrogens (primary N) is 1. The van der Waals surface area contributed by atoms with Crippen molar-refractivity contribution in [2.75, 3.05) is 33.7 Å². The van der Waals surface area contributed by atoms with Crippen LogP contribution in [0.15, 0.2) is 16.5 Å². The van der Waals surface area contributed by atoms with Gasteiger partial charge in [0, 0.05) is 20.6 Å². The van der Waals surface area contributed by atoms with Crippen LogP contribution in [0, 0.1) is 6.92 Å². The van der Waals surface area contributed by atoms with Gasteiger partial charge in [-0.15, -0.1) is 0 Å². The van der Waals surface area contributed by atoms with Gasteiger partial charge in [0.15, 0.2) is 0 Å². The molecule has 0 aliphatic rings. The van der Waals surface area contributed by atoms with E-state index in [2.05, 4.69) is 11.8 Å². The smallest absolute Gasteiger partial charge is 0.236 e. The fraction of sp³-hybridized carbons (Fsp3) is 0.643. The van der Waals surface area contributed by atoms with Crippen molar-refractivity contribution in [1.82, 2.24) is 9.80 Å². The molecule has 0 fully saturated rings. The van der Waals surface area contributed by atoms with Crippen LogP contribution in [0.25, 0.3) is 0 Å². The molecule has 1 unspecified atom stereocenters. The van der Waals surface area contributed by atoms with E-state index < -0.39 is 0 Å². The fourth-order valence-corrected chi connectivity index (χ4v) is 2.03. The topological polar surface area (TPSA) is 62.7 Å². The van der Waals surface area contributed by atoms with E-state index in [-0.39, 0.29) is 11.9 Å². The molecule has 2 N–H and O–H groups in total. The summed E-state index contributed by atoms with van der Waals surface area (Å²) < 4.78 is 5.66. The first kappa shape index (κ1) is 15.7. The monoisotopic (exact) mass is 267 g/mol. The molecule has 1 atom stereocenters. The van der Waals surface area contributed by atoms with Crippen LogP contribution >= 0.6 is 0 Å². The minimum absolute atomic E-state index is 0.0439. The highest BCUT2D eigenvalue weighted by Crippen LogP contribution is 2.22. The van der Waals surface area contributed by atoms with Gasteiger partial charge in [0.1, 0.15) is 11.5 Å². The van der Waals surface area contributed by atoms with Crippen LogP contribution in [0.3, 0.4) is 0 Å². The third kappa shape index (κ3) is 4.36. The maximum atomic E-state index is 11.9. The summed E-state index contributed by atoms with van der Waals surface area (Å²) in [6.45, 7) is 5.62. The second kappa shape index (κ2) is 7.31. The van der Waals surface area contributed by atoms with Gasteiger partial charge in [-0.1, -0.05) is 6.92 Å². The molecule has 108 valence electrons. The fourth-order valence-electron chi connectivity index (χ4n) is 2.03. The number of carbonyl (C=O) groups is 1.